The van der Waals surface area contributed by atoms with Crippen molar-refractivity contribution in [2.24, 2.45) is 0 Å². The van der Waals surface area contributed by atoms with Gasteiger partial charge in [0.15, 0.2) is 0 Å². The zero-order valence-corrected chi connectivity index (χ0v) is 8.92. The zero-order chi connectivity index (χ0) is 10.8. The van der Waals surface area contributed by atoms with Crippen molar-refractivity contribution in [1.82, 2.24) is 4.98 Å². The van der Waals surface area contributed by atoms with Gasteiger partial charge in [-0.2, -0.15) is 0 Å². The molecule has 1 heterocycles. The number of rotatable bonds is 1. The lowest BCUT2D eigenvalue weighted by atomic mass is 10.1. The van der Waals surface area contributed by atoms with Crippen molar-refractivity contribution in [3.8, 4) is 11.3 Å². The summed E-state index contributed by atoms with van der Waals surface area (Å²) in [5, 5.41) is 0.576. The second kappa shape index (κ2) is 3.99. The Hall–Kier alpha value is -1.41. The highest BCUT2D eigenvalue weighted by atomic mass is 35.5. The smallest absolute Gasteiger partial charge is 0.123 e. The molecular weight excluding hydrogens is 213 g/mol. The lowest BCUT2D eigenvalue weighted by molar-refractivity contribution is 0.628. The number of hydrogen-bond acceptors (Lipinski definition) is 1. The first-order valence-electron chi connectivity index (χ1n) is 4.56. The van der Waals surface area contributed by atoms with Gasteiger partial charge >= 0.3 is 0 Å². The average Bonchev–Trinajstić information content (AvgIpc) is 2.23. The molecule has 0 spiro atoms. The molecule has 0 saturated carbocycles. The van der Waals surface area contributed by atoms with E-state index >= 15 is 0 Å². The van der Waals surface area contributed by atoms with Crippen molar-refractivity contribution in [2.75, 3.05) is 0 Å². The molecule has 0 aliphatic carbocycles. The summed E-state index contributed by atoms with van der Waals surface area (Å²) in [6.45, 7) is 1.89. The quantitative estimate of drug-likeness (QED) is 0.713. The van der Waals surface area contributed by atoms with Crippen LogP contribution >= 0.6 is 11.6 Å². The molecule has 76 valence electrons. The highest BCUT2D eigenvalue weighted by Crippen LogP contribution is 2.25. The normalized spacial score (nSPS) is 10.3. The minimum atomic E-state index is -0.262. The van der Waals surface area contributed by atoms with Gasteiger partial charge in [0.05, 0.1) is 10.7 Å². The molecule has 2 rings (SSSR count). The maximum atomic E-state index is 12.7. The zero-order valence-electron chi connectivity index (χ0n) is 8.17. The van der Waals surface area contributed by atoms with E-state index in [2.05, 4.69) is 4.98 Å². The van der Waals surface area contributed by atoms with Gasteiger partial charge in [-0.05, 0) is 43.3 Å². The molecule has 0 fully saturated rings. The summed E-state index contributed by atoms with van der Waals surface area (Å²) < 4.78 is 12.7. The maximum absolute atomic E-state index is 12.7. The van der Waals surface area contributed by atoms with Crippen LogP contribution in [0.2, 0.25) is 5.02 Å². The lowest BCUT2D eigenvalue weighted by Crippen LogP contribution is -1.88. The first-order chi connectivity index (χ1) is 7.16. The number of aromatic nitrogens is 1. The minimum Gasteiger partial charge on any atom is -0.252 e. The van der Waals surface area contributed by atoms with E-state index in [0.29, 0.717) is 10.7 Å². The monoisotopic (exact) mass is 221 g/mol. The van der Waals surface area contributed by atoms with Crippen molar-refractivity contribution < 1.29 is 4.39 Å². The van der Waals surface area contributed by atoms with Crippen LogP contribution < -0.4 is 0 Å². The Balaban J connectivity index is 2.53. The summed E-state index contributed by atoms with van der Waals surface area (Å²) in [7, 11) is 0. The molecule has 15 heavy (non-hydrogen) atoms. The van der Waals surface area contributed by atoms with Crippen LogP contribution in [0.15, 0.2) is 36.4 Å². The van der Waals surface area contributed by atoms with Crippen LogP contribution in [0.25, 0.3) is 11.3 Å². The third-order valence-corrected chi connectivity index (χ3v) is 2.41. The number of pyridine rings is 1. The Morgan fingerprint density at radius 1 is 1.07 bits per heavy atom. The molecule has 0 saturated heterocycles. The summed E-state index contributed by atoms with van der Waals surface area (Å²) in [4.78, 5) is 4.32. The topological polar surface area (TPSA) is 12.9 Å². The Morgan fingerprint density at radius 3 is 2.40 bits per heavy atom. The third kappa shape index (κ3) is 2.16. The predicted octanol–water partition coefficient (Wildman–Crippen LogP) is 3.85. The van der Waals surface area contributed by atoms with Crippen molar-refractivity contribution in [3.63, 3.8) is 0 Å². The van der Waals surface area contributed by atoms with Crippen LogP contribution in [0.4, 0.5) is 4.39 Å². The second-order valence-electron chi connectivity index (χ2n) is 3.29. The van der Waals surface area contributed by atoms with Gasteiger partial charge in [0, 0.05) is 11.3 Å². The van der Waals surface area contributed by atoms with Crippen LogP contribution in [-0.2, 0) is 0 Å². The van der Waals surface area contributed by atoms with Gasteiger partial charge in [-0.3, -0.25) is 4.98 Å². The summed E-state index contributed by atoms with van der Waals surface area (Å²) >= 11 is 6.01. The maximum Gasteiger partial charge on any atom is 0.123 e. The fourth-order valence-electron chi connectivity index (χ4n) is 1.35. The van der Waals surface area contributed by atoms with Gasteiger partial charge in [-0.25, -0.2) is 4.39 Å². The number of hydrogen-bond donors (Lipinski definition) is 0. The molecule has 2 aromatic rings. The summed E-state index contributed by atoms with van der Waals surface area (Å²) in [5.74, 6) is -0.262. The fourth-order valence-corrected chi connectivity index (χ4v) is 1.56. The molecule has 0 amide bonds. The van der Waals surface area contributed by atoms with Crippen LogP contribution in [0.1, 0.15) is 5.69 Å². The molecule has 0 radical (unpaired) electrons. The molecule has 3 heteroatoms. The Labute approximate surface area is 92.5 Å². The summed E-state index contributed by atoms with van der Waals surface area (Å²) in [6, 6.07) is 9.77. The van der Waals surface area contributed by atoms with Gasteiger partial charge in [0.1, 0.15) is 5.82 Å². The van der Waals surface area contributed by atoms with Crippen molar-refractivity contribution in [2.45, 2.75) is 6.92 Å². The molecular formula is C12H9ClFN. The molecule has 0 bridgehead atoms. The van der Waals surface area contributed by atoms with Gasteiger partial charge in [0.25, 0.3) is 0 Å². The number of benzene rings is 1. The summed E-state index contributed by atoms with van der Waals surface area (Å²) in [6.07, 6.45) is 0. The Morgan fingerprint density at radius 2 is 1.73 bits per heavy atom. The van der Waals surface area contributed by atoms with Crippen LogP contribution in [0, 0.1) is 12.7 Å². The largest absolute Gasteiger partial charge is 0.252 e. The Kier molecular flexibility index (Phi) is 2.69. The number of aryl methyl sites for hydroxylation is 1. The first-order valence-corrected chi connectivity index (χ1v) is 4.94. The SMILES string of the molecule is Cc1ccc(Cl)c(-c2ccc(F)cc2)n1. The van der Waals surface area contributed by atoms with Crippen molar-refractivity contribution in [1.29, 1.82) is 0 Å². The molecule has 0 atom stereocenters. The molecule has 1 aromatic heterocycles. The van der Waals surface area contributed by atoms with E-state index in [0.717, 1.165) is 11.3 Å². The van der Waals surface area contributed by atoms with E-state index < -0.39 is 0 Å². The first kappa shape index (κ1) is 10.1. The fraction of sp³-hybridized carbons (Fsp3) is 0.0833. The van der Waals surface area contributed by atoms with E-state index in [1.807, 2.05) is 13.0 Å². The molecule has 0 aliphatic heterocycles. The standard InChI is InChI=1S/C12H9ClFN/c1-8-2-7-11(13)12(15-8)9-3-5-10(14)6-4-9/h2-7H,1H3. The van der Waals surface area contributed by atoms with E-state index in [1.165, 1.54) is 12.1 Å². The van der Waals surface area contributed by atoms with Crippen LogP contribution in [-0.4, -0.2) is 4.98 Å². The minimum absolute atomic E-state index is 0.262. The third-order valence-electron chi connectivity index (χ3n) is 2.10. The second-order valence-corrected chi connectivity index (χ2v) is 3.70. The van der Waals surface area contributed by atoms with E-state index in [-0.39, 0.29) is 5.82 Å². The van der Waals surface area contributed by atoms with Crippen molar-refractivity contribution >= 4 is 11.6 Å². The Bertz CT molecular complexity index is 479. The van der Waals surface area contributed by atoms with Gasteiger partial charge in [-0.15, -0.1) is 0 Å². The molecule has 0 unspecified atom stereocenters. The van der Waals surface area contributed by atoms with Gasteiger partial charge in [0.2, 0.25) is 0 Å². The van der Waals surface area contributed by atoms with E-state index in [1.54, 1.807) is 18.2 Å². The van der Waals surface area contributed by atoms with E-state index in [4.69, 9.17) is 11.6 Å². The molecule has 1 nitrogen and oxygen atoms in total. The molecule has 1 aromatic carbocycles. The molecule has 0 N–H and O–H groups in total. The summed E-state index contributed by atoms with van der Waals surface area (Å²) in [5.41, 5.74) is 2.40. The highest BCUT2D eigenvalue weighted by molar-refractivity contribution is 6.33. The van der Waals surface area contributed by atoms with Crippen LogP contribution in [0.3, 0.4) is 0 Å². The number of nitrogens with zero attached hydrogens (tertiary/aromatic N) is 1. The van der Waals surface area contributed by atoms with Crippen molar-refractivity contribution in [3.05, 3.63) is 52.9 Å². The van der Waals surface area contributed by atoms with Crippen LogP contribution in [0.5, 0.6) is 0 Å². The average molecular weight is 222 g/mol. The van der Waals surface area contributed by atoms with E-state index in [9.17, 15) is 4.39 Å². The predicted molar refractivity (Wildman–Crippen MR) is 59.4 cm³/mol. The lowest BCUT2D eigenvalue weighted by Gasteiger charge is -2.04. The molecule has 0 aliphatic rings. The van der Waals surface area contributed by atoms with Gasteiger partial charge in [-0.1, -0.05) is 11.6 Å². The van der Waals surface area contributed by atoms with Gasteiger partial charge < -0.3 is 0 Å². The number of halogens is 2. The highest BCUT2D eigenvalue weighted by Gasteiger charge is 2.05.